The summed E-state index contributed by atoms with van der Waals surface area (Å²) >= 11 is -2.68. The maximum Gasteiger partial charge on any atom is 0.340 e. The molecule has 1 heterocycles. The van der Waals surface area contributed by atoms with Gasteiger partial charge in [0.25, 0.3) is 17.2 Å². The fourth-order valence-corrected chi connectivity index (χ4v) is 5.10. The van der Waals surface area contributed by atoms with E-state index in [0.29, 0.717) is 16.5 Å². The maximum absolute atomic E-state index is 14.3. The van der Waals surface area contributed by atoms with Gasteiger partial charge in [-0.15, -0.1) is 0 Å². The molecule has 1 fully saturated rings. The van der Waals surface area contributed by atoms with Gasteiger partial charge in [0.1, 0.15) is 17.2 Å². The predicted octanol–water partition coefficient (Wildman–Crippen LogP) is 5.81. The molecule has 5 rings (SSSR count). The molecule has 9 nitrogen and oxygen atoms in total. The highest BCUT2D eigenvalue weighted by Crippen LogP contribution is 2.48. The molecule has 0 bridgehead atoms. The lowest BCUT2D eigenvalue weighted by Crippen LogP contribution is -2.26. The van der Waals surface area contributed by atoms with Gasteiger partial charge in [-0.2, -0.15) is 8.78 Å². The van der Waals surface area contributed by atoms with Crippen LogP contribution >= 0.6 is 0 Å². The van der Waals surface area contributed by atoms with E-state index in [1.807, 2.05) is 0 Å². The summed E-state index contributed by atoms with van der Waals surface area (Å²) in [7, 11) is 1.45. The number of nitro groups is 1. The number of hydrogen-bond donors (Lipinski definition) is 2. The average molecular weight is 560 g/mol. The van der Waals surface area contributed by atoms with Crippen LogP contribution in [0.2, 0.25) is 0 Å². The molecule has 0 aliphatic heterocycles. The van der Waals surface area contributed by atoms with E-state index in [4.69, 9.17) is 4.42 Å². The normalized spacial score (nSPS) is 13.9. The Morgan fingerprint density at radius 2 is 1.79 bits per heavy atom. The first-order valence-corrected chi connectivity index (χ1v) is 12.7. The number of anilines is 1. The third kappa shape index (κ3) is 4.98. The number of halogens is 3. The Hall–Kier alpha value is -4.23. The quantitative estimate of drug-likeness (QED) is 0.160. The van der Waals surface area contributed by atoms with Crippen molar-refractivity contribution in [3.8, 4) is 11.3 Å². The van der Waals surface area contributed by atoms with E-state index in [0.717, 1.165) is 29.3 Å². The van der Waals surface area contributed by atoms with Crippen molar-refractivity contribution in [1.82, 2.24) is 5.32 Å². The Labute approximate surface area is 221 Å². The molecule has 4 aromatic rings. The minimum Gasteiger partial charge on any atom is -0.455 e. The van der Waals surface area contributed by atoms with Crippen molar-refractivity contribution in [2.75, 3.05) is 11.4 Å². The van der Waals surface area contributed by atoms with Gasteiger partial charge in [0.05, 0.1) is 22.7 Å². The van der Waals surface area contributed by atoms with E-state index in [1.165, 1.54) is 37.4 Å². The van der Waals surface area contributed by atoms with Crippen molar-refractivity contribution in [2.45, 2.75) is 25.3 Å². The number of fused-ring (bicyclic) bond motifs is 1. The third-order valence-electron chi connectivity index (χ3n) is 6.46. The van der Waals surface area contributed by atoms with Crippen molar-refractivity contribution < 1.29 is 36.1 Å². The van der Waals surface area contributed by atoms with Gasteiger partial charge in [0, 0.05) is 24.1 Å². The van der Waals surface area contributed by atoms with Gasteiger partial charge < -0.3 is 9.73 Å². The molecule has 1 saturated carbocycles. The molecule has 39 heavy (non-hydrogen) atoms. The Kier molecular flexibility index (Phi) is 6.87. The van der Waals surface area contributed by atoms with Gasteiger partial charge >= 0.3 is 5.69 Å². The molecule has 1 unspecified atom stereocenters. The number of furan rings is 1. The molecular weight excluding hydrogens is 539 g/mol. The van der Waals surface area contributed by atoms with Crippen LogP contribution in [0.1, 0.15) is 40.2 Å². The van der Waals surface area contributed by atoms with Crippen molar-refractivity contribution >= 4 is 39.5 Å². The zero-order chi connectivity index (χ0) is 28.0. The summed E-state index contributed by atoms with van der Waals surface area (Å²) in [5.41, 5.74) is 0.225. The van der Waals surface area contributed by atoms with Crippen LogP contribution < -0.4 is 9.62 Å². The number of benzene rings is 3. The minimum atomic E-state index is -2.68. The van der Waals surface area contributed by atoms with Gasteiger partial charge in [-0.05, 0) is 72.4 Å². The number of hydrogen-bond acceptors (Lipinski definition) is 5. The number of carbonyl (C=O) groups excluding carboxylic acids is 1. The van der Waals surface area contributed by atoms with Crippen molar-refractivity contribution in [3.63, 3.8) is 0 Å². The van der Waals surface area contributed by atoms with E-state index in [9.17, 15) is 36.8 Å². The highest BCUT2D eigenvalue weighted by molar-refractivity contribution is 7.80. The molecule has 13 heteroatoms. The molecule has 1 amide bonds. The summed E-state index contributed by atoms with van der Waals surface area (Å²) in [6.45, 7) is -0.464. The van der Waals surface area contributed by atoms with Gasteiger partial charge in [-0.1, -0.05) is 0 Å². The van der Waals surface area contributed by atoms with Gasteiger partial charge in [0.2, 0.25) is 11.6 Å². The van der Waals surface area contributed by atoms with Crippen LogP contribution in [0, 0.1) is 27.6 Å². The first kappa shape index (κ1) is 26.4. The van der Waals surface area contributed by atoms with E-state index < -0.39 is 51.8 Å². The Balaban J connectivity index is 1.67. The second-order valence-corrected chi connectivity index (χ2v) is 9.91. The molecule has 1 aliphatic rings. The first-order chi connectivity index (χ1) is 18.6. The topological polar surface area (TPSA) is 126 Å². The lowest BCUT2D eigenvalue weighted by Gasteiger charge is -2.23. The number of carbonyl (C=O) groups is 1. The molecule has 2 N–H and O–H groups in total. The lowest BCUT2D eigenvalue weighted by atomic mass is 10.00. The van der Waals surface area contributed by atoms with E-state index >= 15 is 0 Å². The second-order valence-electron chi connectivity index (χ2n) is 9.01. The zero-order valence-electron chi connectivity index (χ0n) is 20.2. The summed E-state index contributed by atoms with van der Waals surface area (Å²) in [6.07, 6.45) is 1.53. The highest BCUT2D eigenvalue weighted by atomic mass is 32.2. The van der Waals surface area contributed by atoms with Crippen molar-refractivity contribution in [3.05, 3.63) is 92.8 Å². The summed E-state index contributed by atoms with van der Waals surface area (Å²) in [4.78, 5) is 22.6. The zero-order valence-corrected chi connectivity index (χ0v) is 21.1. The summed E-state index contributed by atoms with van der Waals surface area (Å²) in [5.74, 6) is -3.61. The first-order valence-electron chi connectivity index (χ1n) is 11.7. The molecule has 1 atom stereocenters. The summed E-state index contributed by atoms with van der Waals surface area (Å²) in [6, 6.07) is 9.96. The lowest BCUT2D eigenvalue weighted by molar-refractivity contribution is -0.390. The molecule has 1 aliphatic carbocycles. The molecule has 0 saturated heterocycles. The average Bonchev–Trinajstić information content (AvgIpc) is 3.66. The minimum absolute atomic E-state index is 0.0116. The maximum atomic E-state index is 14.3. The number of rotatable bonds is 8. The van der Waals surface area contributed by atoms with E-state index in [1.54, 1.807) is 6.07 Å². The molecule has 3 aromatic carbocycles. The Morgan fingerprint density at radius 1 is 1.15 bits per heavy atom. The fraction of sp³-hybridized carbons (Fsp3) is 0.192. The van der Waals surface area contributed by atoms with Crippen LogP contribution in [0.15, 0.2) is 52.9 Å². The number of nitrogens with one attached hydrogen (secondary N) is 1. The SMILES string of the molecule is CNC(=O)c1c(-c2ccc(F)cc2)oc2cc(N(Cc3cc(F)c([N+](=O)[O-])c(F)c3)S(=O)O)c(C3CC3)cc12. The van der Waals surface area contributed by atoms with Crippen LogP contribution in [0.5, 0.6) is 0 Å². The van der Waals surface area contributed by atoms with Gasteiger partial charge in [-0.3, -0.25) is 23.8 Å². The molecule has 202 valence electrons. The van der Waals surface area contributed by atoms with E-state index in [2.05, 4.69) is 5.32 Å². The standard InChI is InChI=1S/C26H20F3N3O6S/c1-30-26(33)23-18-10-17(14-2-3-14)21(11-22(18)38-25(23)15-4-6-16(27)7-5-15)31(39(36)37)12-13-8-19(28)24(32(34)35)20(29)9-13/h4-11,14H,2-3,12H2,1H3,(H,30,33)(H,36,37). The Bertz CT molecular complexity index is 1630. The number of amides is 1. The number of nitrogens with zero attached hydrogens (tertiary/aromatic N) is 2. The van der Waals surface area contributed by atoms with Crippen LogP contribution in [0.4, 0.5) is 24.5 Å². The molecule has 1 aromatic heterocycles. The van der Waals surface area contributed by atoms with Gasteiger partial charge in [-0.25, -0.2) is 8.60 Å². The third-order valence-corrected chi connectivity index (χ3v) is 7.16. The smallest absolute Gasteiger partial charge is 0.340 e. The molecule has 0 spiro atoms. The largest absolute Gasteiger partial charge is 0.455 e. The van der Waals surface area contributed by atoms with Crippen LogP contribution in [-0.4, -0.2) is 26.6 Å². The Morgan fingerprint density at radius 3 is 2.33 bits per heavy atom. The van der Waals surface area contributed by atoms with Crippen molar-refractivity contribution in [1.29, 1.82) is 0 Å². The van der Waals surface area contributed by atoms with Gasteiger partial charge in [0.15, 0.2) is 0 Å². The monoisotopic (exact) mass is 559 g/mol. The fourth-order valence-electron chi connectivity index (χ4n) is 4.52. The van der Waals surface area contributed by atoms with Crippen LogP contribution in [-0.2, 0) is 17.8 Å². The van der Waals surface area contributed by atoms with Crippen molar-refractivity contribution in [2.24, 2.45) is 0 Å². The summed E-state index contributed by atoms with van der Waals surface area (Å²) < 4.78 is 71.7. The molecule has 0 radical (unpaired) electrons. The number of nitro benzene ring substituents is 1. The second kappa shape index (κ2) is 10.2. The summed E-state index contributed by atoms with van der Waals surface area (Å²) in [5, 5.41) is 13.9. The highest BCUT2D eigenvalue weighted by Gasteiger charge is 2.33. The van der Waals surface area contributed by atoms with E-state index in [-0.39, 0.29) is 34.1 Å². The van der Waals surface area contributed by atoms with Crippen LogP contribution in [0.3, 0.4) is 0 Å². The molecular formula is C26H20F3N3O6S. The van der Waals surface area contributed by atoms with Crippen LogP contribution in [0.25, 0.3) is 22.3 Å². The predicted molar refractivity (Wildman–Crippen MR) is 137 cm³/mol.